The predicted octanol–water partition coefficient (Wildman–Crippen LogP) is 3.51. The van der Waals surface area contributed by atoms with Gasteiger partial charge in [0.2, 0.25) is 0 Å². The lowest BCUT2D eigenvalue weighted by Crippen LogP contribution is -2.10. The second kappa shape index (κ2) is 8.97. The minimum atomic E-state index is -4.08. The summed E-state index contributed by atoms with van der Waals surface area (Å²) in [6.45, 7) is 2.91. The standard InChI is InChI=1S/C10H19F3O2/c1-2-3-4-7-14-9-15-8-5-6-10(11,12)13/h2-9H2,1H3. The Morgan fingerprint density at radius 1 is 0.933 bits per heavy atom. The third-order valence-corrected chi connectivity index (χ3v) is 1.81. The van der Waals surface area contributed by atoms with Crippen LogP contribution < -0.4 is 0 Å². The van der Waals surface area contributed by atoms with Gasteiger partial charge in [-0.05, 0) is 12.8 Å². The van der Waals surface area contributed by atoms with E-state index in [4.69, 9.17) is 9.47 Å². The molecule has 2 nitrogen and oxygen atoms in total. The molecule has 0 aromatic rings. The molecule has 0 aliphatic carbocycles. The molecular weight excluding hydrogens is 209 g/mol. The highest BCUT2D eigenvalue weighted by Crippen LogP contribution is 2.20. The summed E-state index contributed by atoms with van der Waals surface area (Å²) in [6, 6.07) is 0. The van der Waals surface area contributed by atoms with E-state index in [9.17, 15) is 13.2 Å². The fourth-order valence-electron chi connectivity index (χ4n) is 1.01. The first-order valence-electron chi connectivity index (χ1n) is 5.28. The molecule has 0 unspecified atom stereocenters. The van der Waals surface area contributed by atoms with Crippen molar-refractivity contribution >= 4 is 0 Å². The first-order valence-corrected chi connectivity index (χ1v) is 5.28. The van der Waals surface area contributed by atoms with Gasteiger partial charge in [0.15, 0.2) is 0 Å². The van der Waals surface area contributed by atoms with Crippen molar-refractivity contribution in [2.24, 2.45) is 0 Å². The van der Waals surface area contributed by atoms with Crippen LogP contribution >= 0.6 is 0 Å². The van der Waals surface area contributed by atoms with Crippen LogP contribution in [0, 0.1) is 0 Å². The van der Waals surface area contributed by atoms with Gasteiger partial charge < -0.3 is 9.47 Å². The molecular formula is C10H19F3O2. The number of hydrogen-bond donors (Lipinski definition) is 0. The quantitative estimate of drug-likeness (QED) is 0.444. The number of halogens is 3. The molecule has 0 N–H and O–H groups in total. The fourth-order valence-corrected chi connectivity index (χ4v) is 1.01. The molecule has 0 atom stereocenters. The summed E-state index contributed by atoms with van der Waals surface area (Å²) < 4.78 is 45.0. The summed E-state index contributed by atoms with van der Waals surface area (Å²) >= 11 is 0. The van der Waals surface area contributed by atoms with E-state index in [0.717, 1.165) is 19.3 Å². The van der Waals surface area contributed by atoms with Crippen molar-refractivity contribution in [1.82, 2.24) is 0 Å². The number of ether oxygens (including phenoxy) is 2. The lowest BCUT2D eigenvalue weighted by Gasteiger charge is -2.07. The van der Waals surface area contributed by atoms with Gasteiger partial charge >= 0.3 is 6.18 Å². The Hall–Kier alpha value is -0.290. The van der Waals surface area contributed by atoms with Crippen LogP contribution in [0.3, 0.4) is 0 Å². The highest BCUT2D eigenvalue weighted by atomic mass is 19.4. The molecule has 92 valence electrons. The third kappa shape index (κ3) is 13.7. The summed E-state index contributed by atoms with van der Waals surface area (Å²) in [5.41, 5.74) is 0. The van der Waals surface area contributed by atoms with Crippen molar-refractivity contribution in [3.05, 3.63) is 0 Å². The van der Waals surface area contributed by atoms with Crippen molar-refractivity contribution in [2.45, 2.75) is 45.2 Å². The van der Waals surface area contributed by atoms with Gasteiger partial charge in [0.1, 0.15) is 6.79 Å². The van der Waals surface area contributed by atoms with Crippen LogP contribution in [0.4, 0.5) is 13.2 Å². The molecule has 0 fully saturated rings. The maximum absolute atomic E-state index is 11.7. The van der Waals surface area contributed by atoms with E-state index < -0.39 is 12.6 Å². The van der Waals surface area contributed by atoms with Crippen LogP contribution in [0.25, 0.3) is 0 Å². The monoisotopic (exact) mass is 228 g/mol. The molecule has 0 saturated carbocycles. The Morgan fingerprint density at radius 2 is 1.53 bits per heavy atom. The Balaban J connectivity index is 2.99. The van der Waals surface area contributed by atoms with Gasteiger partial charge in [-0.25, -0.2) is 0 Å². The van der Waals surface area contributed by atoms with E-state index in [1.165, 1.54) is 0 Å². The predicted molar refractivity (Wildman–Crippen MR) is 51.6 cm³/mol. The van der Waals surface area contributed by atoms with Crippen LogP contribution in [0.5, 0.6) is 0 Å². The van der Waals surface area contributed by atoms with E-state index in [1.807, 2.05) is 0 Å². The minimum Gasteiger partial charge on any atom is -0.355 e. The summed E-state index contributed by atoms with van der Waals surface area (Å²) in [7, 11) is 0. The SMILES string of the molecule is CCCCCOCOCCCC(F)(F)F. The number of hydrogen-bond acceptors (Lipinski definition) is 2. The van der Waals surface area contributed by atoms with Crippen molar-refractivity contribution in [3.63, 3.8) is 0 Å². The minimum absolute atomic E-state index is 0.00181. The Kier molecular flexibility index (Phi) is 8.80. The van der Waals surface area contributed by atoms with Crippen molar-refractivity contribution in [3.8, 4) is 0 Å². The molecule has 0 aromatic carbocycles. The molecule has 0 saturated heterocycles. The lowest BCUT2D eigenvalue weighted by atomic mass is 10.3. The molecule has 15 heavy (non-hydrogen) atoms. The van der Waals surface area contributed by atoms with E-state index in [2.05, 4.69) is 6.92 Å². The van der Waals surface area contributed by atoms with Gasteiger partial charge in [-0.1, -0.05) is 19.8 Å². The van der Waals surface area contributed by atoms with E-state index in [1.54, 1.807) is 0 Å². The van der Waals surface area contributed by atoms with Crippen molar-refractivity contribution in [2.75, 3.05) is 20.0 Å². The van der Waals surface area contributed by atoms with Crippen molar-refractivity contribution in [1.29, 1.82) is 0 Å². The average Bonchev–Trinajstić information content (AvgIpc) is 2.14. The van der Waals surface area contributed by atoms with Crippen molar-refractivity contribution < 1.29 is 22.6 Å². The van der Waals surface area contributed by atoms with Crippen LogP contribution in [0.1, 0.15) is 39.0 Å². The van der Waals surface area contributed by atoms with Gasteiger partial charge in [-0.3, -0.25) is 0 Å². The maximum atomic E-state index is 11.7. The second-order valence-corrected chi connectivity index (χ2v) is 3.36. The fraction of sp³-hybridized carbons (Fsp3) is 1.00. The third-order valence-electron chi connectivity index (χ3n) is 1.81. The summed E-state index contributed by atoms with van der Waals surface area (Å²) in [6.07, 6.45) is -1.66. The van der Waals surface area contributed by atoms with Gasteiger partial charge in [0.05, 0.1) is 0 Å². The van der Waals surface area contributed by atoms with Crippen LogP contribution in [0.2, 0.25) is 0 Å². The first-order chi connectivity index (χ1) is 7.06. The summed E-state index contributed by atoms with van der Waals surface area (Å²) in [5, 5.41) is 0. The molecule has 0 spiro atoms. The van der Waals surface area contributed by atoms with Gasteiger partial charge in [0, 0.05) is 19.6 Å². The molecule has 0 radical (unpaired) electrons. The zero-order valence-corrected chi connectivity index (χ0v) is 9.11. The molecule has 0 amide bonds. The highest BCUT2D eigenvalue weighted by Gasteiger charge is 2.25. The van der Waals surface area contributed by atoms with E-state index in [-0.39, 0.29) is 19.8 Å². The molecule has 0 aromatic heterocycles. The van der Waals surface area contributed by atoms with Crippen LogP contribution in [-0.4, -0.2) is 26.2 Å². The largest absolute Gasteiger partial charge is 0.389 e. The molecule has 0 aliphatic rings. The number of alkyl halides is 3. The molecule has 0 rings (SSSR count). The van der Waals surface area contributed by atoms with Gasteiger partial charge in [0.25, 0.3) is 0 Å². The van der Waals surface area contributed by atoms with Crippen LogP contribution in [-0.2, 0) is 9.47 Å². The van der Waals surface area contributed by atoms with Gasteiger partial charge in [-0.15, -0.1) is 0 Å². The summed E-state index contributed by atoms with van der Waals surface area (Å²) in [5.74, 6) is 0. The second-order valence-electron chi connectivity index (χ2n) is 3.36. The molecule has 5 heteroatoms. The topological polar surface area (TPSA) is 18.5 Å². The molecule has 0 bridgehead atoms. The molecule has 0 heterocycles. The zero-order chi connectivity index (χ0) is 11.6. The average molecular weight is 228 g/mol. The maximum Gasteiger partial charge on any atom is 0.389 e. The number of unbranched alkanes of at least 4 members (excludes halogenated alkanes) is 2. The van der Waals surface area contributed by atoms with Gasteiger partial charge in [-0.2, -0.15) is 13.2 Å². The van der Waals surface area contributed by atoms with Crippen LogP contribution in [0.15, 0.2) is 0 Å². The smallest absolute Gasteiger partial charge is 0.355 e. The zero-order valence-electron chi connectivity index (χ0n) is 9.11. The molecule has 0 aliphatic heterocycles. The Bertz CT molecular complexity index is 137. The Morgan fingerprint density at radius 3 is 2.07 bits per heavy atom. The summed E-state index contributed by atoms with van der Waals surface area (Å²) in [4.78, 5) is 0. The lowest BCUT2D eigenvalue weighted by molar-refractivity contribution is -0.141. The van der Waals surface area contributed by atoms with E-state index in [0.29, 0.717) is 6.61 Å². The Labute approximate surface area is 88.7 Å². The highest BCUT2D eigenvalue weighted by molar-refractivity contribution is 4.48. The van der Waals surface area contributed by atoms with E-state index >= 15 is 0 Å². The first kappa shape index (κ1) is 14.7. The number of rotatable bonds is 9. The normalized spacial score (nSPS) is 12.0.